The number of likely N-dealkylation sites (tertiary alicyclic amines) is 1. The number of hydrogen-bond donors (Lipinski definition) is 2. The molecule has 0 aliphatic carbocycles. The zero-order valence-corrected chi connectivity index (χ0v) is 15.1. The maximum atomic E-state index is 11.0. The predicted octanol–water partition coefficient (Wildman–Crippen LogP) is -0.225. The maximum Gasteiger partial charge on any atom is 0.208 e. The van der Waals surface area contributed by atoms with Crippen molar-refractivity contribution in [2.45, 2.75) is 20.3 Å². The Kier molecular flexibility index (Phi) is 8.13. The second-order valence-electron chi connectivity index (χ2n) is 5.73. The monoisotopic (exact) mass is 333 g/mol. The molecule has 1 aliphatic heterocycles. The van der Waals surface area contributed by atoms with Gasteiger partial charge in [0, 0.05) is 39.8 Å². The molecule has 0 aromatic heterocycles. The fraction of sp³-hybridized carbons (Fsp3) is 0.929. The van der Waals surface area contributed by atoms with Gasteiger partial charge in [-0.15, -0.1) is 0 Å². The molecule has 2 N–H and O–H groups in total. The predicted molar refractivity (Wildman–Crippen MR) is 91.7 cm³/mol. The van der Waals surface area contributed by atoms with Gasteiger partial charge in [0.1, 0.15) is 0 Å². The number of nitrogens with one attached hydrogen (secondary N) is 2. The van der Waals surface area contributed by atoms with Crippen LogP contribution in [0.15, 0.2) is 4.99 Å². The van der Waals surface area contributed by atoms with Gasteiger partial charge in [-0.2, -0.15) is 0 Å². The van der Waals surface area contributed by atoms with Crippen molar-refractivity contribution >= 4 is 16.0 Å². The van der Waals surface area contributed by atoms with E-state index in [1.54, 1.807) is 7.05 Å². The number of nitrogens with zero attached hydrogens (tertiary/aromatic N) is 3. The van der Waals surface area contributed by atoms with Gasteiger partial charge in [0.15, 0.2) is 5.96 Å². The molecule has 1 fully saturated rings. The second-order valence-corrected chi connectivity index (χ2v) is 7.56. The second kappa shape index (κ2) is 9.32. The van der Waals surface area contributed by atoms with Crippen molar-refractivity contribution in [2.24, 2.45) is 10.9 Å². The van der Waals surface area contributed by atoms with Gasteiger partial charge in [0.05, 0.1) is 6.26 Å². The van der Waals surface area contributed by atoms with Crippen LogP contribution in [-0.4, -0.2) is 83.3 Å². The van der Waals surface area contributed by atoms with E-state index in [4.69, 9.17) is 0 Å². The van der Waals surface area contributed by atoms with Gasteiger partial charge < -0.3 is 15.1 Å². The van der Waals surface area contributed by atoms with E-state index in [9.17, 15) is 8.42 Å². The molecular weight excluding hydrogens is 302 g/mol. The number of guanidine groups is 1. The molecule has 7 nitrogen and oxygen atoms in total. The molecule has 1 rings (SSSR count). The molecule has 1 atom stereocenters. The van der Waals surface area contributed by atoms with E-state index in [2.05, 4.69) is 38.7 Å². The van der Waals surface area contributed by atoms with Gasteiger partial charge in [-0.25, -0.2) is 13.1 Å². The van der Waals surface area contributed by atoms with Crippen molar-refractivity contribution in [3.05, 3.63) is 0 Å². The SMILES string of the molecule is CCN(CC)CC1CCN(C(=NC)NCCNS(C)(=O)=O)C1. The first-order chi connectivity index (χ1) is 10.4. The first kappa shape index (κ1) is 19.2. The molecule has 1 aliphatic rings. The van der Waals surface area contributed by atoms with Crippen molar-refractivity contribution in [1.82, 2.24) is 19.8 Å². The highest BCUT2D eigenvalue weighted by atomic mass is 32.2. The van der Waals surface area contributed by atoms with E-state index >= 15 is 0 Å². The van der Waals surface area contributed by atoms with Crippen LogP contribution in [0.5, 0.6) is 0 Å². The molecular formula is C14H31N5O2S. The third-order valence-electron chi connectivity index (χ3n) is 3.98. The number of aliphatic imine (C=N–C) groups is 1. The van der Waals surface area contributed by atoms with Crippen LogP contribution in [0.4, 0.5) is 0 Å². The lowest BCUT2D eigenvalue weighted by Gasteiger charge is -2.24. The standard InChI is InChI=1S/C14H31N5O2S/c1-5-18(6-2)11-13-7-10-19(12-13)14(15-3)16-8-9-17-22(4,20)21/h13,17H,5-12H2,1-4H3,(H,15,16). The highest BCUT2D eigenvalue weighted by Gasteiger charge is 2.25. The summed E-state index contributed by atoms with van der Waals surface area (Å²) < 4.78 is 24.5. The van der Waals surface area contributed by atoms with E-state index in [1.165, 1.54) is 12.7 Å². The first-order valence-electron chi connectivity index (χ1n) is 8.02. The van der Waals surface area contributed by atoms with Crippen LogP contribution in [0.3, 0.4) is 0 Å². The first-order valence-corrected chi connectivity index (χ1v) is 9.91. The van der Waals surface area contributed by atoms with Crippen LogP contribution in [-0.2, 0) is 10.0 Å². The van der Waals surface area contributed by atoms with Crippen molar-refractivity contribution in [2.75, 3.05) is 59.1 Å². The molecule has 0 radical (unpaired) electrons. The topological polar surface area (TPSA) is 77.0 Å². The largest absolute Gasteiger partial charge is 0.355 e. The molecule has 22 heavy (non-hydrogen) atoms. The summed E-state index contributed by atoms with van der Waals surface area (Å²) in [6, 6.07) is 0. The molecule has 0 amide bonds. The minimum Gasteiger partial charge on any atom is -0.355 e. The zero-order valence-electron chi connectivity index (χ0n) is 14.3. The Balaban J connectivity index is 2.36. The number of sulfonamides is 1. The summed E-state index contributed by atoms with van der Waals surface area (Å²) in [5.41, 5.74) is 0. The summed E-state index contributed by atoms with van der Waals surface area (Å²) in [4.78, 5) is 9.02. The molecule has 0 bridgehead atoms. The Bertz CT molecular complexity index is 448. The fourth-order valence-corrected chi connectivity index (χ4v) is 3.24. The fourth-order valence-electron chi connectivity index (χ4n) is 2.76. The molecule has 1 unspecified atom stereocenters. The number of hydrogen-bond acceptors (Lipinski definition) is 4. The zero-order chi connectivity index (χ0) is 16.6. The summed E-state index contributed by atoms with van der Waals surface area (Å²) in [6.07, 6.45) is 2.35. The molecule has 1 saturated heterocycles. The Hall–Kier alpha value is -0.860. The molecule has 8 heteroatoms. The minimum atomic E-state index is -3.12. The van der Waals surface area contributed by atoms with Crippen LogP contribution in [0, 0.1) is 5.92 Å². The van der Waals surface area contributed by atoms with Crippen molar-refractivity contribution in [3.8, 4) is 0 Å². The van der Waals surface area contributed by atoms with Crippen molar-refractivity contribution in [3.63, 3.8) is 0 Å². The Morgan fingerprint density at radius 1 is 1.32 bits per heavy atom. The minimum absolute atomic E-state index is 0.370. The quantitative estimate of drug-likeness (QED) is 0.365. The summed E-state index contributed by atoms with van der Waals surface area (Å²) in [6.45, 7) is 10.6. The third-order valence-corrected chi connectivity index (χ3v) is 4.71. The van der Waals surface area contributed by atoms with Crippen LogP contribution >= 0.6 is 0 Å². The van der Waals surface area contributed by atoms with Gasteiger partial charge in [-0.3, -0.25) is 4.99 Å². The molecule has 1 heterocycles. The number of rotatable bonds is 8. The third kappa shape index (κ3) is 6.93. The molecule has 130 valence electrons. The lowest BCUT2D eigenvalue weighted by molar-refractivity contribution is 0.255. The summed E-state index contributed by atoms with van der Waals surface area (Å²) in [5.74, 6) is 1.53. The van der Waals surface area contributed by atoms with Gasteiger partial charge in [0.25, 0.3) is 0 Å². The average molecular weight is 334 g/mol. The van der Waals surface area contributed by atoms with Crippen LogP contribution in [0.2, 0.25) is 0 Å². The molecule has 0 saturated carbocycles. The molecule has 0 spiro atoms. The van der Waals surface area contributed by atoms with Crippen molar-refractivity contribution in [1.29, 1.82) is 0 Å². The van der Waals surface area contributed by atoms with E-state index in [0.29, 0.717) is 19.0 Å². The lowest BCUT2D eigenvalue weighted by Crippen LogP contribution is -2.43. The van der Waals surface area contributed by atoms with Crippen LogP contribution < -0.4 is 10.0 Å². The Morgan fingerprint density at radius 3 is 2.55 bits per heavy atom. The maximum absolute atomic E-state index is 11.0. The summed E-state index contributed by atoms with van der Waals surface area (Å²) >= 11 is 0. The van der Waals surface area contributed by atoms with Crippen LogP contribution in [0.1, 0.15) is 20.3 Å². The average Bonchev–Trinajstić information content (AvgIpc) is 2.92. The molecule has 0 aromatic carbocycles. The Labute approximate surface area is 135 Å². The van der Waals surface area contributed by atoms with Gasteiger partial charge >= 0.3 is 0 Å². The summed E-state index contributed by atoms with van der Waals surface area (Å²) in [7, 11) is -1.36. The Morgan fingerprint density at radius 2 is 2.00 bits per heavy atom. The van der Waals surface area contributed by atoms with Gasteiger partial charge in [-0.1, -0.05) is 13.8 Å². The normalized spacial score (nSPS) is 20.0. The van der Waals surface area contributed by atoms with Gasteiger partial charge in [-0.05, 0) is 25.4 Å². The smallest absolute Gasteiger partial charge is 0.208 e. The highest BCUT2D eigenvalue weighted by Crippen LogP contribution is 2.17. The van der Waals surface area contributed by atoms with Gasteiger partial charge in [0.2, 0.25) is 10.0 Å². The van der Waals surface area contributed by atoms with E-state index in [1.807, 2.05) is 0 Å². The highest BCUT2D eigenvalue weighted by molar-refractivity contribution is 7.88. The lowest BCUT2D eigenvalue weighted by atomic mass is 10.1. The van der Waals surface area contributed by atoms with E-state index < -0.39 is 10.0 Å². The van der Waals surface area contributed by atoms with E-state index in [-0.39, 0.29) is 0 Å². The molecule has 0 aromatic rings. The van der Waals surface area contributed by atoms with E-state index in [0.717, 1.165) is 38.7 Å². The van der Waals surface area contributed by atoms with Crippen molar-refractivity contribution < 1.29 is 8.42 Å². The summed E-state index contributed by atoms with van der Waals surface area (Å²) in [5, 5.41) is 3.22. The van der Waals surface area contributed by atoms with Crippen LogP contribution in [0.25, 0.3) is 0 Å².